The topological polar surface area (TPSA) is 62.6 Å². The largest absolute Gasteiger partial charge is 0.506 e. The highest BCUT2D eigenvalue weighted by atomic mass is 16.6. The zero-order valence-electron chi connectivity index (χ0n) is 6.06. The third kappa shape index (κ3) is 1.66. The molecule has 1 atom stereocenters. The van der Waals surface area contributed by atoms with Gasteiger partial charge in [-0.25, -0.2) is 0 Å². The van der Waals surface area contributed by atoms with Crippen LogP contribution in [0.5, 0.6) is 5.75 Å². The fourth-order valence-electron chi connectivity index (χ4n) is 0.733. The minimum absolute atomic E-state index is 0.0677. The number of aromatic nitrogens is 1. The van der Waals surface area contributed by atoms with Crippen molar-refractivity contribution in [3.05, 3.63) is 24.0 Å². The summed E-state index contributed by atoms with van der Waals surface area (Å²) in [5.41, 5.74) is 0.322. The number of ether oxygens (including phenoxy) is 1. The number of nitrogens with zero attached hydrogens (tertiary/aromatic N) is 1. The van der Waals surface area contributed by atoms with Crippen LogP contribution >= 0.6 is 0 Å². The lowest BCUT2D eigenvalue weighted by Gasteiger charge is -2.08. The highest BCUT2D eigenvalue weighted by molar-refractivity contribution is 5.28. The third-order valence-corrected chi connectivity index (χ3v) is 1.32. The monoisotopic (exact) mass is 155 g/mol. The van der Waals surface area contributed by atoms with Gasteiger partial charge in [0.05, 0.1) is 11.8 Å². The number of hydrogen-bond acceptors (Lipinski definition) is 4. The van der Waals surface area contributed by atoms with Crippen molar-refractivity contribution in [1.82, 2.24) is 4.98 Å². The van der Waals surface area contributed by atoms with Crippen LogP contribution in [0, 0.1) is 0 Å². The van der Waals surface area contributed by atoms with E-state index >= 15 is 0 Å². The quantitative estimate of drug-likeness (QED) is 0.608. The predicted octanol–water partition coefficient (Wildman–Crippen LogP) is 0.424. The summed E-state index contributed by atoms with van der Waals surface area (Å²) in [7, 11) is 1.35. The summed E-state index contributed by atoms with van der Waals surface area (Å²) < 4.78 is 4.58. The van der Waals surface area contributed by atoms with Crippen molar-refractivity contribution in [1.29, 1.82) is 0 Å². The van der Waals surface area contributed by atoms with Crippen LogP contribution in [0.2, 0.25) is 0 Å². The van der Waals surface area contributed by atoms with Gasteiger partial charge in [0.1, 0.15) is 5.75 Å². The van der Waals surface area contributed by atoms with Crippen LogP contribution in [-0.2, 0) is 4.74 Å². The van der Waals surface area contributed by atoms with Crippen LogP contribution in [-0.4, -0.2) is 22.3 Å². The smallest absolute Gasteiger partial charge is 0.184 e. The van der Waals surface area contributed by atoms with Gasteiger partial charge in [-0.15, -0.1) is 0 Å². The van der Waals surface area contributed by atoms with Gasteiger partial charge in [-0.2, -0.15) is 0 Å². The molecule has 1 rings (SSSR count). The van der Waals surface area contributed by atoms with Crippen LogP contribution in [0.15, 0.2) is 18.5 Å². The Labute approximate surface area is 64.1 Å². The number of pyridine rings is 1. The lowest BCUT2D eigenvalue weighted by Crippen LogP contribution is -1.99. The second-order valence-corrected chi connectivity index (χ2v) is 2.02. The van der Waals surface area contributed by atoms with Gasteiger partial charge in [-0.1, -0.05) is 0 Å². The fraction of sp³-hybridized carbons (Fsp3) is 0.286. The zero-order chi connectivity index (χ0) is 8.27. The first-order valence-corrected chi connectivity index (χ1v) is 3.09. The van der Waals surface area contributed by atoms with E-state index in [1.165, 1.54) is 25.6 Å². The average Bonchev–Trinajstić information content (AvgIpc) is 2.04. The van der Waals surface area contributed by atoms with Gasteiger partial charge in [-0.3, -0.25) is 4.98 Å². The number of aliphatic hydroxyl groups excluding tert-OH is 1. The van der Waals surface area contributed by atoms with Gasteiger partial charge in [0, 0.05) is 13.3 Å². The minimum Gasteiger partial charge on any atom is -0.506 e. The van der Waals surface area contributed by atoms with Crippen LogP contribution in [0.4, 0.5) is 0 Å². The molecule has 1 aromatic rings. The first-order chi connectivity index (χ1) is 5.25. The van der Waals surface area contributed by atoms with Crippen LogP contribution in [0.3, 0.4) is 0 Å². The Hall–Kier alpha value is -1.13. The highest BCUT2D eigenvalue weighted by Crippen LogP contribution is 2.21. The summed E-state index contributed by atoms with van der Waals surface area (Å²) in [6.45, 7) is 0. The minimum atomic E-state index is -1.09. The summed E-state index contributed by atoms with van der Waals surface area (Å²) in [5, 5.41) is 18.2. The normalized spacial score (nSPS) is 12.9. The molecule has 0 saturated heterocycles. The summed E-state index contributed by atoms with van der Waals surface area (Å²) in [6, 6.07) is 1.49. The van der Waals surface area contributed by atoms with Crippen molar-refractivity contribution >= 4 is 0 Å². The molecule has 0 bridgehead atoms. The van der Waals surface area contributed by atoms with Gasteiger partial charge in [0.25, 0.3) is 0 Å². The van der Waals surface area contributed by atoms with Crippen molar-refractivity contribution in [2.24, 2.45) is 0 Å². The molecule has 0 spiro atoms. The SMILES string of the molecule is COC(O)c1ccncc1O. The van der Waals surface area contributed by atoms with Crippen molar-refractivity contribution in [3.8, 4) is 5.75 Å². The maximum Gasteiger partial charge on any atom is 0.184 e. The average molecular weight is 155 g/mol. The highest BCUT2D eigenvalue weighted by Gasteiger charge is 2.09. The van der Waals surface area contributed by atoms with E-state index in [-0.39, 0.29) is 5.75 Å². The molecule has 60 valence electrons. The van der Waals surface area contributed by atoms with Crippen molar-refractivity contribution in [2.75, 3.05) is 7.11 Å². The number of rotatable bonds is 2. The van der Waals surface area contributed by atoms with E-state index in [0.717, 1.165) is 0 Å². The fourth-order valence-corrected chi connectivity index (χ4v) is 0.733. The van der Waals surface area contributed by atoms with Gasteiger partial charge in [0.15, 0.2) is 6.29 Å². The van der Waals surface area contributed by atoms with Crippen molar-refractivity contribution < 1.29 is 14.9 Å². The second-order valence-electron chi connectivity index (χ2n) is 2.02. The number of hydrogen-bond donors (Lipinski definition) is 2. The maximum atomic E-state index is 9.11. The maximum absolute atomic E-state index is 9.11. The van der Waals surface area contributed by atoms with Crippen LogP contribution in [0.1, 0.15) is 11.9 Å². The molecule has 0 amide bonds. The molecule has 1 heterocycles. The van der Waals surface area contributed by atoms with Gasteiger partial charge >= 0.3 is 0 Å². The van der Waals surface area contributed by atoms with Gasteiger partial charge in [0.2, 0.25) is 0 Å². The van der Waals surface area contributed by atoms with E-state index in [9.17, 15) is 0 Å². The molecule has 0 aliphatic carbocycles. The zero-order valence-corrected chi connectivity index (χ0v) is 6.06. The van der Waals surface area contributed by atoms with Gasteiger partial charge < -0.3 is 14.9 Å². The molecule has 0 fully saturated rings. The van der Waals surface area contributed by atoms with E-state index in [4.69, 9.17) is 10.2 Å². The molecule has 0 saturated carbocycles. The molecule has 0 radical (unpaired) electrons. The molecular weight excluding hydrogens is 146 g/mol. The molecule has 1 unspecified atom stereocenters. The number of methoxy groups -OCH3 is 1. The summed E-state index contributed by atoms with van der Waals surface area (Å²) in [6.07, 6.45) is 1.63. The number of aromatic hydroxyl groups is 1. The summed E-state index contributed by atoms with van der Waals surface area (Å²) >= 11 is 0. The lowest BCUT2D eigenvalue weighted by atomic mass is 10.2. The second kappa shape index (κ2) is 3.32. The van der Waals surface area contributed by atoms with Crippen molar-refractivity contribution in [3.63, 3.8) is 0 Å². The molecular formula is C7H9NO3. The standard InChI is InChI=1S/C7H9NO3/c1-11-7(10)5-2-3-8-4-6(5)9/h2-4,7,9-10H,1H3. The Balaban J connectivity index is 2.93. The molecule has 0 aliphatic heterocycles. The molecule has 1 aromatic heterocycles. The molecule has 0 aliphatic rings. The Kier molecular flexibility index (Phi) is 2.40. The van der Waals surface area contributed by atoms with Gasteiger partial charge in [-0.05, 0) is 6.07 Å². The van der Waals surface area contributed by atoms with Crippen LogP contribution in [0.25, 0.3) is 0 Å². The molecule has 2 N–H and O–H groups in total. The Morgan fingerprint density at radius 3 is 2.91 bits per heavy atom. The van der Waals surface area contributed by atoms with E-state index in [1.807, 2.05) is 0 Å². The Bertz CT molecular complexity index is 239. The third-order valence-electron chi connectivity index (χ3n) is 1.32. The lowest BCUT2D eigenvalue weighted by molar-refractivity contribution is -0.0781. The van der Waals surface area contributed by atoms with E-state index < -0.39 is 6.29 Å². The first kappa shape index (κ1) is 7.97. The van der Waals surface area contributed by atoms with Crippen LogP contribution < -0.4 is 0 Å². The predicted molar refractivity (Wildman–Crippen MR) is 37.9 cm³/mol. The Morgan fingerprint density at radius 2 is 2.36 bits per heavy atom. The molecule has 4 nitrogen and oxygen atoms in total. The van der Waals surface area contributed by atoms with E-state index in [2.05, 4.69) is 9.72 Å². The molecule has 4 heteroatoms. The van der Waals surface area contributed by atoms with E-state index in [1.54, 1.807) is 0 Å². The summed E-state index contributed by atoms with van der Waals surface area (Å²) in [5.74, 6) is -0.0677. The Morgan fingerprint density at radius 1 is 1.64 bits per heavy atom. The van der Waals surface area contributed by atoms with E-state index in [0.29, 0.717) is 5.56 Å². The molecule has 0 aromatic carbocycles. The molecule has 11 heavy (non-hydrogen) atoms. The number of aliphatic hydroxyl groups is 1. The van der Waals surface area contributed by atoms with Crippen molar-refractivity contribution in [2.45, 2.75) is 6.29 Å². The first-order valence-electron chi connectivity index (χ1n) is 3.09. The summed E-state index contributed by atoms with van der Waals surface area (Å²) in [4.78, 5) is 3.64.